The summed E-state index contributed by atoms with van der Waals surface area (Å²) < 4.78 is 91.5. The predicted molar refractivity (Wildman–Crippen MR) is 452 cm³/mol. The SMILES string of the molecule is CCCCCC/C=C/CCCCCCCCCCCOC(=O)c1ccc(S(=O)(=O)[O-])cc1C(=O)OCCCCCCCCCCC/C=C/CCCCCC.CCCCCC/C=C/CCCCCCCCCCCOC(=O)c1ccc(S(=O)(=O)[O-])cc1C(=O)OCCCCCCCCCCC/C=C/CCCCCC.[Ca+2]. The molecule has 0 atom stereocenters. The van der Waals surface area contributed by atoms with Gasteiger partial charge >= 0.3 is 61.6 Å². The van der Waals surface area contributed by atoms with Crippen LogP contribution < -0.4 is 0 Å². The zero-order chi connectivity index (χ0) is 78.8. The first-order valence-electron chi connectivity index (χ1n) is 44.1. The Morgan fingerprint density at radius 1 is 0.248 bits per heavy atom. The van der Waals surface area contributed by atoms with Crippen LogP contribution in [-0.4, -0.2) is 114 Å². The number of carbonyl (C=O) groups excluding carboxylic acids is 4. The third-order valence-corrected chi connectivity index (χ3v) is 21.7. The Hall–Kier alpha value is -3.64. The molecule has 0 aromatic heterocycles. The molecule has 0 N–H and O–H groups in total. The molecular weight excluding hydrogens is 1430 g/mol. The first-order chi connectivity index (χ1) is 52.6. The van der Waals surface area contributed by atoms with Crippen LogP contribution in [0.3, 0.4) is 0 Å². The zero-order valence-corrected chi connectivity index (χ0v) is 73.4. The van der Waals surface area contributed by atoms with Crippen molar-refractivity contribution in [2.75, 3.05) is 26.4 Å². The fourth-order valence-electron chi connectivity index (χ4n) is 13.1. The molecule has 0 radical (unpaired) electrons. The molecule has 620 valence electrons. The molecule has 0 heterocycles. The minimum Gasteiger partial charge on any atom is -0.744 e. The Bertz CT molecular complexity index is 2670. The monoisotopic (exact) mass is 1590 g/mol. The van der Waals surface area contributed by atoms with Gasteiger partial charge in [0.1, 0.15) is 20.2 Å². The van der Waals surface area contributed by atoms with E-state index in [9.17, 15) is 45.1 Å². The van der Waals surface area contributed by atoms with Gasteiger partial charge < -0.3 is 28.1 Å². The van der Waals surface area contributed by atoms with E-state index < -0.39 is 53.9 Å². The largest absolute Gasteiger partial charge is 2.00 e. The van der Waals surface area contributed by atoms with Gasteiger partial charge in [0, 0.05) is 0 Å². The van der Waals surface area contributed by atoms with Crippen molar-refractivity contribution in [1.29, 1.82) is 0 Å². The van der Waals surface area contributed by atoms with Crippen LogP contribution in [0.5, 0.6) is 0 Å². The number of hydrogen-bond donors (Lipinski definition) is 0. The molecule has 2 aromatic carbocycles. The molecule has 0 spiro atoms. The van der Waals surface area contributed by atoms with Gasteiger partial charge in [-0.3, -0.25) is 0 Å². The van der Waals surface area contributed by atoms with Gasteiger partial charge in [0.2, 0.25) is 0 Å². The number of carbonyl (C=O) groups is 4. The summed E-state index contributed by atoms with van der Waals surface area (Å²) in [6.45, 7) is 9.71. The Balaban J connectivity index is 0.00000212. The van der Waals surface area contributed by atoms with Gasteiger partial charge in [-0.25, -0.2) is 36.0 Å². The van der Waals surface area contributed by atoms with Crippen molar-refractivity contribution in [3.8, 4) is 0 Å². The van der Waals surface area contributed by atoms with E-state index in [1.54, 1.807) is 0 Å². The van der Waals surface area contributed by atoms with Gasteiger partial charge in [-0.05, 0) is 165 Å². The van der Waals surface area contributed by atoms with Crippen LogP contribution in [0.2, 0.25) is 0 Å². The Morgan fingerprint density at radius 2 is 0.404 bits per heavy atom. The summed E-state index contributed by atoms with van der Waals surface area (Å²) in [5.74, 6) is -3.10. The van der Waals surface area contributed by atoms with Crippen molar-refractivity contribution in [3.63, 3.8) is 0 Å². The summed E-state index contributed by atoms with van der Waals surface area (Å²) in [5.41, 5.74) is -0.683. The summed E-state index contributed by atoms with van der Waals surface area (Å²) in [5, 5.41) is 0. The number of hydrogen-bond acceptors (Lipinski definition) is 14. The zero-order valence-electron chi connectivity index (χ0n) is 69.6. The minimum atomic E-state index is -4.82. The van der Waals surface area contributed by atoms with E-state index in [0.717, 1.165) is 101 Å². The van der Waals surface area contributed by atoms with Crippen molar-refractivity contribution < 1.29 is 64.1 Å². The molecule has 0 bridgehead atoms. The van der Waals surface area contributed by atoms with E-state index in [4.69, 9.17) is 18.9 Å². The molecule has 0 aliphatic heterocycles. The van der Waals surface area contributed by atoms with Crippen molar-refractivity contribution in [3.05, 3.63) is 107 Å². The summed E-state index contributed by atoms with van der Waals surface area (Å²) in [4.78, 5) is 50.5. The topological polar surface area (TPSA) is 220 Å². The normalized spacial score (nSPS) is 11.8. The number of benzene rings is 2. The summed E-state index contributed by atoms with van der Waals surface area (Å²) >= 11 is 0. The smallest absolute Gasteiger partial charge is 0.744 e. The summed E-state index contributed by atoms with van der Waals surface area (Å²) in [7, 11) is -9.63. The van der Waals surface area contributed by atoms with Crippen LogP contribution in [0.1, 0.15) is 454 Å². The van der Waals surface area contributed by atoms with Crippen molar-refractivity contribution >= 4 is 81.9 Å². The van der Waals surface area contributed by atoms with Crippen LogP contribution in [0, 0.1) is 0 Å². The van der Waals surface area contributed by atoms with Crippen LogP contribution in [0.4, 0.5) is 0 Å². The Labute approximate surface area is 696 Å². The maximum Gasteiger partial charge on any atom is 2.00 e. The number of allylic oxidation sites excluding steroid dienone is 8. The second kappa shape index (κ2) is 77.0. The molecule has 0 fully saturated rings. The molecule has 17 heteroatoms. The summed E-state index contributed by atoms with van der Waals surface area (Å²) in [6.07, 6.45) is 89.9. The van der Waals surface area contributed by atoms with E-state index >= 15 is 0 Å². The Kier molecular flexibility index (Phi) is 74.4. The molecule has 14 nitrogen and oxygen atoms in total. The van der Waals surface area contributed by atoms with Gasteiger partial charge in [-0.15, -0.1) is 0 Å². The molecule has 0 amide bonds. The molecule has 0 saturated carbocycles. The third kappa shape index (κ3) is 64.3. The molecule has 2 aromatic rings. The average molecular weight is 1590 g/mol. The van der Waals surface area contributed by atoms with Crippen LogP contribution in [-0.2, 0) is 39.2 Å². The van der Waals surface area contributed by atoms with E-state index in [0.29, 0.717) is 25.7 Å². The Morgan fingerprint density at radius 3 is 0.578 bits per heavy atom. The second-order valence-corrected chi connectivity index (χ2v) is 32.8. The van der Waals surface area contributed by atoms with Crippen LogP contribution >= 0.6 is 0 Å². The van der Waals surface area contributed by atoms with Crippen molar-refractivity contribution in [2.45, 2.75) is 423 Å². The van der Waals surface area contributed by atoms with Crippen LogP contribution in [0.15, 0.2) is 94.8 Å². The molecule has 2 rings (SSSR count). The van der Waals surface area contributed by atoms with Gasteiger partial charge in [0.25, 0.3) is 0 Å². The molecule has 109 heavy (non-hydrogen) atoms. The molecular formula is C92H154CaO14S2. The van der Waals surface area contributed by atoms with Crippen molar-refractivity contribution in [2.24, 2.45) is 0 Å². The van der Waals surface area contributed by atoms with E-state index in [-0.39, 0.29) is 86.4 Å². The second-order valence-electron chi connectivity index (χ2n) is 30.0. The van der Waals surface area contributed by atoms with Gasteiger partial charge in [0.05, 0.1) is 58.5 Å². The number of ether oxygens (including phenoxy) is 4. The fraction of sp³-hybridized carbons (Fsp3) is 0.739. The van der Waals surface area contributed by atoms with E-state index in [1.165, 1.54) is 295 Å². The van der Waals surface area contributed by atoms with Crippen LogP contribution in [0.25, 0.3) is 0 Å². The average Bonchev–Trinajstić information content (AvgIpc) is 0.815. The molecule has 0 aliphatic carbocycles. The fourth-order valence-corrected chi connectivity index (χ4v) is 14.1. The van der Waals surface area contributed by atoms with Gasteiger partial charge in [-0.1, -0.05) is 333 Å². The quantitative estimate of drug-likeness (QED) is 0.0150. The molecule has 0 saturated heterocycles. The van der Waals surface area contributed by atoms with Gasteiger partial charge in [0.15, 0.2) is 0 Å². The third-order valence-electron chi connectivity index (χ3n) is 20.0. The minimum absolute atomic E-state index is 0. The molecule has 0 unspecified atom stereocenters. The first kappa shape index (κ1) is 105. The number of rotatable bonds is 74. The predicted octanol–water partition coefficient (Wildman–Crippen LogP) is 27.1. The maximum absolute atomic E-state index is 12.9. The first-order valence-corrected chi connectivity index (χ1v) is 46.9. The standard InChI is InChI=1S/2C46H78O7S.Ca/c2*1-3-5-7-9-11-13-15-17-19-21-23-25-27-29-31-33-35-39-52-45(47)43-38-37-42(54(49,50)51)41-44(43)46(48)53-40-36-34-32-30-28-26-24-22-20-18-16-14-12-10-8-6-4-2;/h2*13-16,37-38,41H,3-12,17-36,39-40H2,1-2H3,(H,49,50,51);/q;;+2/p-2/b2*15-13+,16-14+;. The van der Waals surface area contributed by atoms with E-state index in [1.807, 2.05) is 0 Å². The number of unbranched alkanes of at least 4 members (excludes halogenated alkanes) is 52. The van der Waals surface area contributed by atoms with Crippen molar-refractivity contribution in [1.82, 2.24) is 0 Å². The van der Waals surface area contributed by atoms with Gasteiger partial charge in [-0.2, -0.15) is 0 Å². The summed E-state index contributed by atoms with van der Waals surface area (Å²) in [6, 6.07) is 6.27. The van der Waals surface area contributed by atoms with E-state index in [2.05, 4.69) is 76.3 Å². The molecule has 0 aliphatic rings. The number of esters is 4. The maximum atomic E-state index is 12.9.